The van der Waals surface area contributed by atoms with Crippen LogP contribution < -0.4 is 14.4 Å². The summed E-state index contributed by atoms with van der Waals surface area (Å²) in [5.74, 6) is -0.574. The summed E-state index contributed by atoms with van der Waals surface area (Å²) in [5.41, 5.74) is 0.306. The number of benzene rings is 1. The smallest absolute Gasteiger partial charge is 0.412 e. The van der Waals surface area contributed by atoms with Crippen molar-refractivity contribution in [1.82, 2.24) is 0 Å². The van der Waals surface area contributed by atoms with Crippen LogP contribution in [0.4, 0.5) is 10.5 Å². The molecule has 1 aliphatic heterocycles. The first-order valence-corrected chi connectivity index (χ1v) is 5.11. The summed E-state index contributed by atoms with van der Waals surface area (Å²) in [4.78, 5) is 22.9. The van der Waals surface area contributed by atoms with Gasteiger partial charge < -0.3 is 19.7 Å². The third-order valence-electron chi connectivity index (χ3n) is 2.58. The van der Waals surface area contributed by atoms with E-state index in [1.54, 1.807) is 6.07 Å². The van der Waals surface area contributed by atoms with Crippen LogP contribution >= 0.6 is 0 Å². The molecule has 1 aromatic carbocycles. The third-order valence-corrected chi connectivity index (χ3v) is 2.58. The Labute approximate surface area is 102 Å². The number of anilines is 1. The lowest BCUT2D eigenvalue weighted by atomic mass is 10.2. The van der Waals surface area contributed by atoms with E-state index in [4.69, 9.17) is 19.7 Å². The molecule has 1 aromatic rings. The molecule has 18 heavy (non-hydrogen) atoms. The molecule has 0 spiro atoms. The molecule has 1 atom stereocenters. The first kappa shape index (κ1) is 12.0. The van der Waals surface area contributed by atoms with Gasteiger partial charge in [0.25, 0.3) is 0 Å². The van der Waals surface area contributed by atoms with E-state index in [9.17, 15) is 9.59 Å². The van der Waals surface area contributed by atoms with E-state index in [0.717, 1.165) is 4.90 Å². The molecule has 0 radical (unpaired) electrons. The van der Waals surface area contributed by atoms with Crippen molar-refractivity contribution in [1.29, 1.82) is 0 Å². The number of methoxy groups -OCH3 is 1. The number of nitrogens with zero attached hydrogens (tertiary/aromatic N) is 1. The summed E-state index contributed by atoms with van der Waals surface area (Å²) < 4.78 is 10.2. The molecule has 1 aliphatic rings. The average Bonchev–Trinajstić information content (AvgIpc) is 2.36. The van der Waals surface area contributed by atoms with Crippen LogP contribution in [0.2, 0.25) is 0 Å². The SMILES string of the molecule is COc1ccc2c(c1)OC(C(=O)O)CN2C(=O)O. The molecular formula is C11H11NO6. The Bertz CT molecular complexity index is 500. The number of ether oxygens (including phenoxy) is 2. The zero-order valence-electron chi connectivity index (χ0n) is 9.49. The summed E-state index contributed by atoms with van der Waals surface area (Å²) in [6.07, 6.45) is -2.45. The molecule has 0 fully saturated rings. The first-order valence-electron chi connectivity index (χ1n) is 5.11. The van der Waals surface area contributed by atoms with E-state index in [1.165, 1.54) is 19.2 Å². The number of carboxylic acid groups (broad SMARTS) is 2. The van der Waals surface area contributed by atoms with Crippen molar-refractivity contribution in [2.45, 2.75) is 6.10 Å². The molecule has 2 N–H and O–H groups in total. The second-order valence-electron chi connectivity index (χ2n) is 3.67. The van der Waals surface area contributed by atoms with E-state index >= 15 is 0 Å². The van der Waals surface area contributed by atoms with Crippen molar-refractivity contribution in [3.05, 3.63) is 18.2 Å². The molecule has 0 saturated carbocycles. The molecule has 0 saturated heterocycles. The van der Waals surface area contributed by atoms with Gasteiger partial charge >= 0.3 is 12.1 Å². The van der Waals surface area contributed by atoms with Crippen LogP contribution in [0.25, 0.3) is 0 Å². The number of amides is 1. The number of rotatable bonds is 2. The number of carboxylic acids is 1. The summed E-state index contributed by atoms with van der Waals surface area (Å²) >= 11 is 0. The quantitative estimate of drug-likeness (QED) is 0.817. The van der Waals surface area contributed by atoms with Crippen LogP contribution in [0.1, 0.15) is 0 Å². The summed E-state index contributed by atoms with van der Waals surface area (Å²) in [7, 11) is 1.45. The molecule has 7 nitrogen and oxygen atoms in total. The topological polar surface area (TPSA) is 96.3 Å². The van der Waals surface area contributed by atoms with E-state index in [0.29, 0.717) is 11.4 Å². The van der Waals surface area contributed by atoms with Gasteiger partial charge in [0.15, 0.2) is 0 Å². The maximum absolute atomic E-state index is 11.1. The Hall–Kier alpha value is -2.44. The lowest BCUT2D eigenvalue weighted by molar-refractivity contribution is -0.144. The fourth-order valence-corrected chi connectivity index (χ4v) is 1.70. The molecular weight excluding hydrogens is 242 g/mol. The number of hydrogen-bond acceptors (Lipinski definition) is 4. The molecule has 0 aromatic heterocycles. The van der Waals surface area contributed by atoms with E-state index in [2.05, 4.69) is 0 Å². The van der Waals surface area contributed by atoms with Crippen LogP contribution in [-0.2, 0) is 4.79 Å². The molecule has 1 amide bonds. The van der Waals surface area contributed by atoms with Crippen LogP contribution in [0, 0.1) is 0 Å². The Morgan fingerprint density at radius 2 is 2.17 bits per heavy atom. The van der Waals surface area contributed by atoms with E-state index in [1.807, 2.05) is 0 Å². The van der Waals surface area contributed by atoms with Crippen LogP contribution in [-0.4, -0.2) is 42.0 Å². The van der Waals surface area contributed by atoms with Gasteiger partial charge in [0, 0.05) is 6.07 Å². The number of aliphatic carboxylic acids is 1. The van der Waals surface area contributed by atoms with E-state index in [-0.39, 0.29) is 12.3 Å². The molecule has 0 aliphatic carbocycles. The van der Waals surface area contributed by atoms with Gasteiger partial charge in [-0.2, -0.15) is 0 Å². The van der Waals surface area contributed by atoms with Gasteiger partial charge in [-0.25, -0.2) is 9.59 Å². The third kappa shape index (κ3) is 2.02. The second kappa shape index (κ2) is 4.44. The summed E-state index contributed by atoms with van der Waals surface area (Å²) in [6, 6.07) is 4.56. The van der Waals surface area contributed by atoms with Gasteiger partial charge in [0.1, 0.15) is 11.5 Å². The molecule has 2 rings (SSSR count). The summed E-state index contributed by atoms with van der Waals surface area (Å²) in [5, 5.41) is 18.0. The monoisotopic (exact) mass is 253 g/mol. The van der Waals surface area contributed by atoms with Crippen LogP contribution in [0.5, 0.6) is 11.5 Å². The van der Waals surface area contributed by atoms with Gasteiger partial charge in [0.2, 0.25) is 6.10 Å². The first-order chi connectivity index (χ1) is 8.52. The Morgan fingerprint density at radius 3 is 2.72 bits per heavy atom. The lowest BCUT2D eigenvalue weighted by Gasteiger charge is -2.31. The lowest BCUT2D eigenvalue weighted by Crippen LogP contribution is -2.46. The highest BCUT2D eigenvalue weighted by atomic mass is 16.5. The second-order valence-corrected chi connectivity index (χ2v) is 3.67. The molecule has 7 heteroatoms. The predicted octanol–water partition coefficient (Wildman–Crippen LogP) is 1.03. The Kier molecular flexibility index (Phi) is 2.97. The number of carbonyl (C=O) groups is 2. The van der Waals surface area contributed by atoms with Crippen LogP contribution in [0.3, 0.4) is 0 Å². The fourth-order valence-electron chi connectivity index (χ4n) is 1.70. The number of fused-ring (bicyclic) bond motifs is 1. The maximum atomic E-state index is 11.1. The van der Waals surface area contributed by atoms with E-state index < -0.39 is 18.2 Å². The predicted molar refractivity (Wildman–Crippen MR) is 60.4 cm³/mol. The standard InChI is InChI=1S/C11H11NO6/c1-17-6-2-3-7-8(4-6)18-9(10(13)14)5-12(7)11(15)16/h2-4,9H,5H2,1H3,(H,13,14)(H,15,16). The zero-order valence-corrected chi connectivity index (χ0v) is 9.49. The fraction of sp³-hybridized carbons (Fsp3) is 0.273. The Morgan fingerprint density at radius 1 is 1.44 bits per heavy atom. The highest BCUT2D eigenvalue weighted by molar-refractivity contribution is 5.91. The average molecular weight is 253 g/mol. The maximum Gasteiger partial charge on any atom is 0.412 e. The van der Waals surface area contributed by atoms with Crippen molar-refractivity contribution >= 4 is 17.7 Å². The largest absolute Gasteiger partial charge is 0.497 e. The minimum absolute atomic E-state index is 0.176. The van der Waals surface area contributed by atoms with Gasteiger partial charge in [-0.3, -0.25) is 4.90 Å². The highest BCUT2D eigenvalue weighted by Crippen LogP contribution is 2.36. The molecule has 0 bridgehead atoms. The van der Waals surface area contributed by atoms with Crippen molar-refractivity contribution in [2.24, 2.45) is 0 Å². The van der Waals surface area contributed by atoms with Crippen molar-refractivity contribution < 1.29 is 29.3 Å². The highest BCUT2D eigenvalue weighted by Gasteiger charge is 2.33. The number of hydrogen-bond donors (Lipinski definition) is 2. The minimum atomic E-state index is -1.23. The summed E-state index contributed by atoms with van der Waals surface area (Å²) in [6.45, 7) is -0.246. The van der Waals surface area contributed by atoms with Gasteiger partial charge in [-0.1, -0.05) is 0 Å². The molecule has 1 unspecified atom stereocenters. The van der Waals surface area contributed by atoms with Crippen molar-refractivity contribution in [3.63, 3.8) is 0 Å². The van der Waals surface area contributed by atoms with Gasteiger partial charge in [-0.05, 0) is 12.1 Å². The van der Waals surface area contributed by atoms with Gasteiger partial charge in [-0.15, -0.1) is 0 Å². The zero-order chi connectivity index (χ0) is 13.3. The minimum Gasteiger partial charge on any atom is -0.497 e. The van der Waals surface area contributed by atoms with Crippen molar-refractivity contribution in [3.8, 4) is 11.5 Å². The van der Waals surface area contributed by atoms with Gasteiger partial charge in [0.05, 0.1) is 19.3 Å². The van der Waals surface area contributed by atoms with Crippen LogP contribution in [0.15, 0.2) is 18.2 Å². The normalized spacial score (nSPS) is 17.6. The van der Waals surface area contributed by atoms with Crippen molar-refractivity contribution in [2.75, 3.05) is 18.6 Å². The Balaban J connectivity index is 2.44. The molecule has 96 valence electrons. The molecule has 1 heterocycles.